The zero-order chi connectivity index (χ0) is 14.3. The SMILES string of the molecule is CCNC(CCN(C)CC(F)F)c1cccc(Br)c1. The third kappa shape index (κ3) is 6.45. The third-order valence-corrected chi connectivity index (χ3v) is 3.44. The molecule has 0 aromatic heterocycles. The lowest BCUT2D eigenvalue weighted by Gasteiger charge is -2.22. The third-order valence-electron chi connectivity index (χ3n) is 2.95. The molecule has 0 aliphatic heterocycles. The Morgan fingerprint density at radius 1 is 1.37 bits per heavy atom. The number of nitrogens with one attached hydrogen (secondary N) is 1. The van der Waals surface area contributed by atoms with Gasteiger partial charge in [0.05, 0.1) is 6.54 Å². The molecule has 1 aromatic carbocycles. The maximum atomic E-state index is 12.3. The fraction of sp³-hybridized carbons (Fsp3) is 0.571. The number of hydrogen-bond acceptors (Lipinski definition) is 2. The summed E-state index contributed by atoms with van der Waals surface area (Å²) in [5.41, 5.74) is 1.18. The Balaban J connectivity index is 2.58. The second-order valence-corrected chi connectivity index (χ2v) is 5.52. The predicted molar refractivity (Wildman–Crippen MR) is 78.7 cm³/mol. The van der Waals surface area contributed by atoms with Gasteiger partial charge in [0.2, 0.25) is 0 Å². The van der Waals surface area contributed by atoms with E-state index in [0.29, 0.717) is 6.54 Å². The summed E-state index contributed by atoms with van der Waals surface area (Å²) < 4.78 is 25.6. The van der Waals surface area contributed by atoms with Gasteiger partial charge >= 0.3 is 0 Å². The van der Waals surface area contributed by atoms with E-state index in [1.54, 1.807) is 11.9 Å². The van der Waals surface area contributed by atoms with Crippen LogP contribution in [-0.4, -0.2) is 38.0 Å². The van der Waals surface area contributed by atoms with Crippen molar-refractivity contribution in [3.63, 3.8) is 0 Å². The second kappa shape index (κ2) is 8.61. The van der Waals surface area contributed by atoms with Gasteiger partial charge in [-0.05, 0) is 44.3 Å². The van der Waals surface area contributed by atoms with Crippen LogP contribution in [0.5, 0.6) is 0 Å². The van der Waals surface area contributed by atoms with Crippen molar-refractivity contribution in [3.05, 3.63) is 34.3 Å². The molecule has 0 saturated carbocycles. The van der Waals surface area contributed by atoms with Crippen LogP contribution >= 0.6 is 15.9 Å². The van der Waals surface area contributed by atoms with E-state index in [0.717, 1.165) is 17.4 Å². The van der Waals surface area contributed by atoms with Crippen LogP contribution in [0.15, 0.2) is 28.7 Å². The van der Waals surface area contributed by atoms with Crippen LogP contribution in [0, 0.1) is 0 Å². The number of nitrogens with zero attached hydrogens (tertiary/aromatic N) is 1. The maximum Gasteiger partial charge on any atom is 0.251 e. The highest BCUT2D eigenvalue weighted by Gasteiger charge is 2.13. The molecule has 108 valence electrons. The van der Waals surface area contributed by atoms with Gasteiger partial charge in [0.25, 0.3) is 6.43 Å². The van der Waals surface area contributed by atoms with Gasteiger partial charge in [-0.2, -0.15) is 0 Å². The van der Waals surface area contributed by atoms with Gasteiger partial charge in [-0.25, -0.2) is 8.78 Å². The monoisotopic (exact) mass is 334 g/mol. The molecule has 0 spiro atoms. The Bertz CT molecular complexity index is 374. The molecular weight excluding hydrogens is 314 g/mol. The molecule has 1 unspecified atom stereocenters. The van der Waals surface area contributed by atoms with Crippen molar-refractivity contribution in [3.8, 4) is 0 Å². The van der Waals surface area contributed by atoms with Gasteiger partial charge in [0, 0.05) is 10.5 Å². The van der Waals surface area contributed by atoms with E-state index in [2.05, 4.69) is 33.4 Å². The Kier molecular flexibility index (Phi) is 7.49. The summed E-state index contributed by atoms with van der Waals surface area (Å²) in [6.07, 6.45) is -1.46. The van der Waals surface area contributed by atoms with Crippen molar-refractivity contribution in [2.45, 2.75) is 25.8 Å². The van der Waals surface area contributed by atoms with Crippen LogP contribution in [0.1, 0.15) is 24.9 Å². The average Bonchev–Trinajstić information content (AvgIpc) is 2.33. The highest BCUT2D eigenvalue weighted by Crippen LogP contribution is 2.21. The van der Waals surface area contributed by atoms with Crippen molar-refractivity contribution >= 4 is 15.9 Å². The summed E-state index contributed by atoms with van der Waals surface area (Å²) in [6.45, 7) is 3.38. The molecule has 1 rings (SSSR count). The minimum absolute atomic E-state index is 0.169. The molecule has 0 fully saturated rings. The first-order valence-electron chi connectivity index (χ1n) is 6.48. The lowest BCUT2D eigenvalue weighted by molar-refractivity contribution is 0.0985. The molecule has 2 nitrogen and oxygen atoms in total. The first kappa shape index (κ1) is 16.5. The summed E-state index contributed by atoms with van der Waals surface area (Å²) in [4.78, 5) is 1.67. The number of rotatable bonds is 8. The lowest BCUT2D eigenvalue weighted by atomic mass is 10.0. The van der Waals surface area contributed by atoms with Crippen LogP contribution < -0.4 is 5.32 Å². The molecule has 19 heavy (non-hydrogen) atoms. The quantitative estimate of drug-likeness (QED) is 0.780. The first-order chi connectivity index (χ1) is 9.02. The van der Waals surface area contributed by atoms with Gasteiger partial charge in [-0.3, -0.25) is 0 Å². The van der Waals surface area contributed by atoms with Crippen molar-refractivity contribution < 1.29 is 8.78 Å². The van der Waals surface area contributed by atoms with Crippen molar-refractivity contribution in [1.82, 2.24) is 10.2 Å². The van der Waals surface area contributed by atoms with E-state index in [-0.39, 0.29) is 12.6 Å². The maximum absolute atomic E-state index is 12.3. The van der Waals surface area contributed by atoms with Crippen molar-refractivity contribution in [1.29, 1.82) is 0 Å². The zero-order valence-corrected chi connectivity index (χ0v) is 13.0. The zero-order valence-electron chi connectivity index (χ0n) is 11.4. The largest absolute Gasteiger partial charge is 0.310 e. The Morgan fingerprint density at radius 2 is 2.11 bits per heavy atom. The summed E-state index contributed by atoms with van der Waals surface area (Å²) in [7, 11) is 1.73. The number of benzene rings is 1. The van der Waals surface area contributed by atoms with Crippen LogP contribution in [0.4, 0.5) is 8.78 Å². The summed E-state index contributed by atoms with van der Waals surface area (Å²) in [5.74, 6) is 0. The molecule has 0 aliphatic carbocycles. The Morgan fingerprint density at radius 3 is 2.68 bits per heavy atom. The summed E-state index contributed by atoms with van der Waals surface area (Å²) >= 11 is 3.46. The number of alkyl halides is 2. The van der Waals surface area contributed by atoms with E-state index in [1.165, 1.54) is 5.56 Å². The predicted octanol–water partition coefficient (Wildman–Crippen LogP) is 3.69. The van der Waals surface area contributed by atoms with E-state index >= 15 is 0 Å². The molecule has 0 saturated heterocycles. The second-order valence-electron chi connectivity index (χ2n) is 4.61. The van der Waals surface area contributed by atoms with Crippen molar-refractivity contribution in [2.24, 2.45) is 0 Å². The molecule has 0 bridgehead atoms. The first-order valence-corrected chi connectivity index (χ1v) is 7.27. The van der Waals surface area contributed by atoms with Crippen LogP contribution in [0.25, 0.3) is 0 Å². The van der Waals surface area contributed by atoms with E-state index in [9.17, 15) is 8.78 Å². The highest BCUT2D eigenvalue weighted by molar-refractivity contribution is 9.10. The molecule has 0 amide bonds. The van der Waals surface area contributed by atoms with Crippen molar-refractivity contribution in [2.75, 3.05) is 26.7 Å². The molecule has 0 aliphatic rings. The van der Waals surface area contributed by atoms with Crippen LogP contribution in [0.2, 0.25) is 0 Å². The molecule has 1 atom stereocenters. The summed E-state index contributed by atoms with van der Waals surface area (Å²) in [5, 5.41) is 3.40. The van der Waals surface area contributed by atoms with E-state index in [1.807, 2.05) is 19.1 Å². The average molecular weight is 335 g/mol. The fourth-order valence-electron chi connectivity index (χ4n) is 2.03. The minimum atomic E-state index is -2.27. The smallest absolute Gasteiger partial charge is 0.251 e. The molecule has 1 N–H and O–H groups in total. The van der Waals surface area contributed by atoms with Gasteiger partial charge in [-0.15, -0.1) is 0 Å². The van der Waals surface area contributed by atoms with Crippen LogP contribution in [0.3, 0.4) is 0 Å². The molecule has 1 aromatic rings. The summed E-state index contributed by atoms with van der Waals surface area (Å²) in [6, 6.07) is 8.30. The minimum Gasteiger partial charge on any atom is -0.310 e. The number of hydrogen-bond donors (Lipinski definition) is 1. The van der Waals surface area contributed by atoms with Gasteiger partial charge < -0.3 is 10.2 Å². The normalized spacial score (nSPS) is 13.2. The molecule has 0 heterocycles. The number of halogens is 3. The van der Waals surface area contributed by atoms with E-state index < -0.39 is 6.43 Å². The Labute approximate surface area is 122 Å². The van der Waals surface area contributed by atoms with Gasteiger partial charge in [0.1, 0.15) is 0 Å². The molecule has 5 heteroatoms. The standard InChI is InChI=1S/C14H21BrF2N2/c1-3-18-13(7-8-19(2)10-14(16)17)11-5-4-6-12(15)9-11/h4-6,9,13-14,18H,3,7-8,10H2,1-2H3. The molecule has 0 radical (unpaired) electrons. The Hall–Kier alpha value is -0.520. The molecular formula is C14H21BrF2N2. The van der Waals surface area contributed by atoms with Gasteiger partial charge in [0.15, 0.2) is 0 Å². The topological polar surface area (TPSA) is 15.3 Å². The fourth-order valence-corrected chi connectivity index (χ4v) is 2.45. The lowest BCUT2D eigenvalue weighted by Crippen LogP contribution is -2.30. The van der Waals surface area contributed by atoms with Crippen LogP contribution in [-0.2, 0) is 0 Å². The highest BCUT2D eigenvalue weighted by atomic mass is 79.9. The van der Waals surface area contributed by atoms with E-state index in [4.69, 9.17) is 0 Å². The van der Waals surface area contributed by atoms with Gasteiger partial charge in [-0.1, -0.05) is 35.0 Å².